The molecule has 0 aliphatic carbocycles. The molecule has 0 spiro atoms. The summed E-state index contributed by atoms with van der Waals surface area (Å²) < 4.78 is 2.13. The van der Waals surface area contributed by atoms with E-state index in [2.05, 4.69) is 28.7 Å². The van der Waals surface area contributed by atoms with Gasteiger partial charge in [0, 0.05) is 25.9 Å². The number of aryl methyl sites for hydroxylation is 1. The van der Waals surface area contributed by atoms with Gasteiger partial charge in [0.25, 0.3) is 0 Å². The lowest BCUT2D eigenvalue weighted by Gasteiger charge is -2.17. The standard InChI is InChI=1S/C13H22N4/c1-10-3-6-17-13(7-10)14-12(15-17)8-11-4-5-16(2)9-11/h10-11H,3-9H2,1-2H3. The van der Waals surface area contributed by atoms with Crippen LogP contribution in [-0.2, 0) is 19.4 Å². The highest BCUT2D eigenvalue weighted by Crippen LogP contribution is 2.21. The van der Waals surface area contributed by atoms with Crippen LogP contribution in [0.2, 0.25) is 0 Å². The lowest BCUT2D eigenvalue weighted by atomic mass is 10.0. The van der Waals surface area contributed by atoms with Crippen molar-refractivity contribution < 1.29 is 0 Å². The zero-order valence-corrected chi connectivity index (χ0v) is 10.9. The molecule has 17 heavy (non-hydrogen) atoms. The summed E-state index contributed by atoms with van der Waals surface area (Å²) in [7, 11) is 2.20. The number of aromatic nitrogens is 3. The molecule has 3 heterocycles. The maximum absolute atomic E-state index is 4.72. The van der Waals surface area contributed by atoms with Crippen molar-refractivity contribution >= 4 is 0 Å². The first-order valence-electron chi connectivity index (χ1n) is 6.82. The summed E-state index contributed by atoms with van der Waals surface area (Å²) in [6, 6.07) is 0. The van der Waals surface area contributed by atoms with Gasteiger partial charge in [-0.3, -0.25) is 0 Å². The lowest BCUT2D eigenvalue weighted by Crippen LogP contribution is -2.18. The molecular weight excluding hydrogens is 212 g/mol. The molecule has 2 unspecified atom stereocenters. The number of hydrogen-bond acceptors (Lipinski definition) is 3. The van der Waals surface area contributed by atoms with Crippen molar-refractivity contribution in [2.24, 2.45) is 11.8 Å². The summed E-state index contributed by atoms with van der Waals surface area (Å²) in [5, 5.41) is 4.66. The average molecular weight is 234 g/mol. The van der Waals surface area contributed by atoms with Crippen molar-refractivity contribution in [2.45, 2.75) is 39.2 Å². The third-order valence-electron chi connectivity index (χ3n) is 4.12. The highest BCUT2D eigenvalue weighted by Gasteiger charge is 2.23. The topological polar surface area (TPSA) is 34.0 Å². The molecule has 1 saturated heterocycles. The van der Waals surface area contributed by atoms with Gasteiger partial charge in [-0.1, -0.05) is 6.92 Å². The van der Waals surface area contributed by atoms with E-state index in [1.807, 2.05) is 0 Å². The van der Waals surface area contributed by atoms with Gasteiger partial charge in [-0.25, -0.2) is 9.67 Å². The third kappa shape index (κ3) is 2.37. The van der Waals surface area contributed by atoms with E-state index in [4.69, 9.17) is 4.98 Å². The van der Waals surface area contributed by atoms with Crippen molar-refractivity contribution in [1.82, 2.24) is 19.7 Å². The maximum Gasteiger partial charge on any atom is 0.151 e. The first kappa shape index (κ1) is 11.2. The SMILES string of the molecule is CC1CCn2nc(CC3CCN(C)C3)nc2C1. The Bertz CT molecular complexity index is 398. The van der Waals surface area contributed by atoms with Gasteiger partial charge < -0.3 is 4.90 Å². The molecule has 2 atom stereocenters. The van der Waals surface area contributed by atoms with E-state index >= 15 is 0 Å². The van der Waals surface area contributed by atoms with Gasteiger partial charge in [-0.2, -0.15) is 5.10 Å². The van der Waals surface area contributed by atoms with E-state index in [1.54, 1.807) is 0 Å². The molecular formula is C13H22N4. The molecule has 94 valence electrons. The largest absolute Gasteiger partial charge is 0.306 e. The molecule has 4 nitrogen and oxygen atoms in total. The Balaban J connectivity index is 1.68. The number of fused-ring (bicyclic) bond motifs is 1. The lowest BCUT2D eigenvalue weighted by molar-refractivity contribution is 0.383. The van der Waals surface area contributed by atoms with Crippen LogP contribution in [0, 0.1) is 11.8 Å². The maximum atomic E-state index is 4.72. The van der Waals surface area contributed by atoms with Crippen LogP contribution in [0.15, 0.2) is 0 Å². The first-order valence-corrected chi connectivity index (χ1v) is 6.82. The summed E-state index contributed by atoms with van der Waals surface area (Å²) in [6.07, 6.45) is 4.73. The Kier molecular flexibility index (Phi) is 2.90. The average Bonchev–Trinajstić information content (AvgIpc) is 2.84. The van der Waals surface area contributed by atoms with Crippen LogP contribution < -0.4 is 0 Å². The normalized spacial score (nSPS) is 29.5. The molecule has 0 radical (unpaired) electrons. The Morgan fingerprint density at radius 2 is 2.18 bits per heavy atom. The smallest absolute Gasteiger partial charge is 0.151 e. The first-order chi connectivity index (χ1) is 8.20. The van der Waals surface area contributed by atoms with Crippen molar-refractivity contribution in [1.29, 1.82) is 0 Å². The molecule has 0 bridgehead atoms. The zero-order chi connectivity index (χ0) is 11.8. The van der Waals surface area contributed by atoms with E-state index < -0.39 is 0 Å². The summed E-state index contributed by atoms with van der Waals surface area (Å²) in [6.45, 7) is 5.81. The highest BCUT2D eigenvalue weighted by molar-refractivity contribution is 4.98. The van der Waals surface area contributed by atoms with Gasteiger partial charge in [0.1, 0.15) is 5.82 Å². The number of nitrogens with zero attached hydrogens (tertiary/aromatic N) is 4. The monoisotopic (exact) mass is 234 g/mol. The van der Waals surface area contributed by atoms with Crippen LogP contribution in [0.25, 0.3) is 0 Å². The second kappa shape index (κ2) is 4.41. The molecule has 2 aliphatic heterocycles. The predicted octanol–water partition coefficient (Wildman–Crippen LogP) is 1.35. The molecule has 1 aromatic heterocycles. The Morgan fingerprint density at radius 1 is 1.29 bits per heavy atom. The van der Waals surface area contributed by atoms with E-state index in [1.165, 1.54) is 31.8 Å². The van der Waals surface area contributed by atoms with Gasteiger partial charge >= 0.3 is 0 Å². The van der Waals surface area contributed by atoms with Gasteiger partial charge in [0.05, 0.1) is 0 Å². The van der Waals surface area contributed by atoms with Gasteiger partial charge in [-0.15, -0.1) is 0 Å². The zero-order valence-electron chi connectivity index (χ0n) is 10.9. The molecule has 0 aromatic carbocycles. The minimum atomic E-state index is 0.766. The predicted molar refractivity (Wildman–Crippen MR) is 66.8 cm³/mol. The van der Waals surface area contributed by atoms with Crippen LogP contribution in [0.5, 0.6) is 0 Å². The summed E-state index contributed by atoms with van der Waals surface area (Å²) in [5.74, 6) is 3.83. The number of likely N-dealkylation sites (tertiary alicyclic amines) is 1. The molecule has 0 amide bonds. The molecule has 4 heteroatoms. The fourth-order valence-electron chi connectivity index (χ4n) is 3.05. The summed E-state index contributed by atoms with van der Waals surface area (Å²) in [5.41, 5.74) is 0. The fourth-order valence-corrected chi connectivity index (χ4v) is 3.05. The van der Waals surface area contributed by atoms with Gasteiger partial charge in [0.2, 0.25) is 0 Å². The van der Waals surface area contributed by atoms with Crippen LogP contribution in [-0.4, -0.2) is 39.8 Å². The summed E-state index contributed by atoms with van der Waals surface area (Å²) in [4.78, 5) is 7.13. The van der Waals surface area contributed by atoms with E-state index in [-0.39, 0.29) is 0 Å². The second-order valence-electron chi connectivity index (χ2n) is 5.89. The molecule has 3 rings (SSSR count). The van der Waals surface area contributed by atoms with Crippen molar-refractivity contribution in [3.05, 3.63) is 11.6 Å². The molecule has 2 aliphatic rings. The van der Waals surface area contributed by atoms with E-state index in [0.29, 0.717) is 0 Å². The van der Waals surface area contributed by atoms with Crippen LogP contribution >= 0.6 is 0 Å². The van der Waals surface area contributed by atoms with Gasteiger partial charge in [-0.05, 0) is 38.3 Å². The Labute approximate surface area is 103 Å². The van der Waals surface area contributed by atoms with E-state index in [9.17, 15) is 0 Å². The molecule has 1 aromatic rings. The number of hydrogen-bond donors (Lipinski definition) is 0. The highest BCUT2D eigenvalue weighted by atomic mass is 15.3. The number of rotatable bonds is 2. The van der Waals surface area contributed by atoms with Crippen LogP contribution in [0.4, 0.5) is 0 Å². The van der Waals surface area contributed by atoms with Crippen molar-refractivity contribution in [2.75, 3.05) is 20.1 Å². The van der Waals surface area contributed by atoms with Crippen LogP contribution in [0.3, 0.4) is 0 Å². The quantitative estimate of drug-likeness (QED) is 0.774. The molecule has 0 saturated carbocycles. The second-order valence-corrected chi connectivity index (χ2v) is 5.89. The summed E-state index contributed by atoms with van der Waals surface area (Å²) >= 11 is 0. The minimum absolute atomic E-state index is 0.766. The van der Waals surface area contributed by atoms with E-state index in [0.717, 1.165) is 37.0 Å². The minimum Gasteiger partial charge on any atom is -0.306 e. The van der Waals surface area contributed by atoms with Gasteiger partial charge in [0.15, 0.2) is 5.82 Å². The Morgan fingerprint density at radius 3 is 2.94 bits per heavy atom. The van der Waals surface area contributed by atoms with Crippen molar-refractivity contribution in [3.63, 3.8) is 0 Å². The molecule has 0 N–H and O–H groups in total. The fraction of sp³-hybridized carbons (Fsp3) is 0.846. The molecule has 1 fully saturated rings. The van der Waals surface area contributed by atoms with Crippen molar-refractivity contribution in [3.8, 4) is 0 Å². The van der Waals surface area contributed by atoms with Crippen LogP contribution in [0.1, 0.15) is 31.4 Å². The third-order valence-corrected chi connectivity index (χ3v) is 4.12. The Hall–Kier alpha value is -0.900.